The van der Waals surface area contributed by atoms with Gasteiger partial charge in [0.15, 0.2) is 0 Å². The van der Waals surface area contributed by atoms with E-state index in [9.17, 15) is 0 Å². The Kier molecular flexibility index (Phi) is 20.6. The Bertz CT molecular complexity index is 116. The number of hydrogen-bond acceptors (Lipinski definition) is 1. The zero-order chi connectivity index (χ0) is 12.1. The van der Waals surface area contributed by atoms with Crippen LogP contribution in [0.3, 0.4) is 0 Å². The molecule has 0 fully saturated rings. The van der Waals surface area contributed by atoms with Crippen LogP contribution >= 0.6 is 0 Å². The molecule has 0 radical (unpaired) electrons. The predicted octanol–water partition coefficient (Wildman–Crippen LogP) is 4.69. The molecule has 1 rings (SSSR count). The lowest BCUT2D eigenvalue weighted by molar-refractivity contribution is 0.357. The first-order chi connectivity index (χ1) is 6.72. The molecular formula is C13H31N. The Morgan fingerprint density at radius 2 is 1.43 bits per heavy atom. The second-order valence-electron chi connectivity index (χ2n) is 2.54. The van der Waals surface area contributed by atoms with E-state index >= 15 is 0 Å². The lowest BCUT2D eigenvalue weighted by Gasteiger charge is -2.19. The van der Waals surface area contributed by atoms with Gasteiger partial charge < -0.3 is 4.90 Å². The zero-order valence-electron chi connectivity index (χ0n) is 11.8. The second kappa shape index (κ2) is 15.0. The first-order valence-electron chi connectivity index (χ1n) is 6.11. The van der Waals surface area contributed by atoms with E-state index in [-0.39, 0.29) is 0 Å². The Morgan fingerprint density at radius 3 is 1.50 bits per heavy atom. The Balaban J connectivity index is -0.000000174. The van der Waals surface area contributed by atoms with Gasteiger partial charge in [0.1, 0.15) is 0 Å². The molecule has 0 amide bonds. The van der Waals surface area contributed by atoms with Crippen molar-refractivity contribution in [3.63, 3.8) is 0 Å². The summed E-state index contributed by atoms with van der Waals surface area (Å²) in [5, 5.41) is 0. The second-order valence-corrected chi connectivity index (χ2v) is 2.54. The molecule has 0 aromatic heterocycles. The fourth-order valence-electron chi connectivity index (χ4n) is 0.991. The molecule has 0 aliphatic carbocycles. The highest BCUT2D eigenvalue weighted by molar-refractivity contribution is 5.05. The van der Waals surface area contributed by atoms with Gasteiger partial charge >= 0.3 is 0 Å². The SMILES string of the molecule is CC.CC.CC.CC1=CCC(C)N1C. The van der Waals surface area contributed by atoms with E-state index in [1.807, 2.05) is 41.5 Å². The summed E-state index contributed by atoms with van der Waals surface area (Å²) in [6, 6.07) is 0.731. The standard InChI is InChI=1S/C7H13N.3C2H6/c1-6-4-5-7(2)8(6)3;3*1-2/h4,7H,5H2,1-3H3;3*1-2H3. The molecule has 0 N–H and O–H groups in total. The summed E-state index contributed by atoms with van der Waals surface area (Å²) < 4.78 is 0. The molecule has 1 nitrogen and oxygen atoms in total. The topological polar surface area (TPSA) is 3.24 Å². The quantitative estimate of drug-likeness (QED) is 0.549. The minimum absolute atomic E-state index is 0.731. The van der Waals surface area contributed by atoms with E-state index in [4.69, 9.17) is 0 Å². The minimum atomic E-state index is 0.731. The molecule has 14 heavy (non-hydrogen) atoms. The monoisotopic (exact) mass is 201 g/mol. The van der Waals surface area contributed by atoms with Crippen LogP contribution < -0.4 is 0 Å². The average Bonchev–Trinajstić information content (AvgIpc) is 2.58. The number of allylic oxidation sites excluding steroid dienone is 1. The molecule has 1 unspecified atom stereocenters. The van der Waals surface area contributed by atoms with Gasteiger partial charge in [-0.1, -0.05) is 47.6 Å². The smallest absolute Gasteiger partial charge is 0.0290 e. The maximum Gasteiger partial charge on any atom is 0.0290 e. The lowest BCUT2D eigenvalue weighted by atomic mass is 10.3. The molecule has 0 spiro atoms. The van der Waals surface area contributed by atoms with E-state index in [0.29, 0.717) is 0 Å². The summed E-state index contributed by atoms with van der Waals surface area (Å²) in [5.74, 6) is 0. The molecule has 0 saturated carbocycles. The van der Waals surface area contributed by atoms with Gasteiger partial charge in [-0.15, -0.1) is 0 Å². The van der Waals surface area contributed by atoms with Gasteiger partial charge in [0, 0.05) is 18.8 Å². The highest BCUT2D eigenvalue weighted by Crippen LogP contribution is 2.17. The fraction of sp³-hybridized carbons (Fsp3) is 0.846. The van der Waals surface area contributed by atoms with E-state index in [2.05, 4.69) is 31.9 Å². The van der Waals surface area contributed by atoms with Crippen molar-refractivity contribution in [3.8, 4) is 0 Å². The molecule has 0 aromatic carbocycles. The largest absolute Gasteiger partial charge is 0.375 e. The van der Waals surface area contributed by atoms with Gasteiger partial charge in [-0.05, 0) is 20.3 Å². The van der Waals surface area contributed by atoms with Crippen LogP contribution in [0.1, 0.15) is 61.8 Å². The summed E-state index contributed by atoms with van der Waals surface area (Å²) >= 11 is 0. The van der Waals surface area contributed by atoms with Crippen LogP contribution in [0, 0.1) is 0 Å². The predicted molar refractivity (Wildman–Crippen MR) is 69.6 cm³/mol. The first kappa shape index (κ1) is 19.2. The van der Waals surface area contributed by atoms with Crippen molar-refractivity contribution in [3.05, 3.63) is 11.8 Å². The van der Waals surface area contributed by atoms with Gasteiger partial charge in [-0.25, -0.2) is 0 Å². The number of hydrogen-bond donors (Lipinski definition) is 0. The third-order valence-corrected chi connectivity index (χ3v) is 1.97. The van der Waals surface area contributed by atoms with Crippen molar-refractivity contribution in [2.45, 2.75) is 67.9 Å². The van der Waals surface area contributed by atoms with Crippen LogP contribution in [0.15, 0.2) is 11.8 Å². The summed E-state index contributed by atoms with van der Waals surface area (Å²) in [7, 11) is 2.14. The maximum absolute atomic E-state index is 2.31. The Labute approximate surface area is 92.2 Å². The fourth-order valence-corrected chi connectivity index (χ4v) is 0.991. The van der Waals surface area contributed by atoms with Crippen molar-refractivity contribution in [1.29, 1.82) is 0 Å². The Morgan fingerprint density at radius 1 is 1.07 bits per heavy atom. The molecule has 1 heterocycles. The van der Waals surface area contributed by atoms with E-state index in [0.717, 1.165) is 6.04 Å². The molecule has 1 aliphatic heterocycles. The average molecular weight is 201 g/mol. The van der Waals surface area contributed by atoms with Crippen molar-refractivity contribution < 1.29 is 0 Å². The number of rotatable bonds is 0. The van der Waals surface area contributed by atoms with Crippen LogP contribution in [0.2, 0.25) is 0 Å². The zero-order valence-corrected chi connectivity index (χ0v) is 11.8. The summed E-state index contributed by atoms with van der Waals surface area (Å²) in [5.41, 5.74) is 1.41. The summed E-state index contributed by atoms with van der Waals surface area (Å²) in [4.78, 5) is 2.31. The van der Waals surface area contributed by atoms with Gasteiger partial charge in [0.2, 0.25) is 0 Å². The highest BCUT2D eigenvalue weighted by atomic mass is 15.1. The van der Waals surface area contributed by atoms with Crippen molar-refractivity contribution in [1.82, 2.24) is 4.90 Å². The normalized spacial score (nSPS) is 17.6. The summed E-state index contributed by atoms with van der Waals surface area (Å²) in [6.07, 6.45) is 3.51. The van der Waals surface area contributed by atoms with Crippen LogP contribution in [-0.2, 0) is 0 Å². The molecular weight excluding hydrogens is 170 g/mol. The van der Waals surface area contributed by atoms with Crippen LogP contribution in [0.5, 0.6) is 0 Å². The van der Waals surface area contributed by atoms with Crippen LogP contribution in [0.4, 0.5) is 0 Å². The summed E-state index contributed by atoms with van der Waals surface area (Å²) in [6.45, 7) is 16.4. The van der Waals surface area contributed by atoms with E-state index in [1.165, 1.54) is 12.1 Å². The third kappa shape index (κ3) is 8.15. The lowest BCUT2D eigenvalue weighted by Crippen LogP contribution is -2.20. The molecule has 0 bridgehead atoms. The van der Waals surface area contributed by atoms with Gasteiger partial charge in [-0.2, -0.15) is 0 Å². The minimum Gasteiger partial charge on any atom is -0.375 e. The van der Waals surface area contributed by atoms with Gasteiger partial charge in [0.25, 0.3) is 0 Å². The molecule has 1 atom stereocenters. The van der Waals surface area contributed by atoms with E-state index in [1.54, 1.807) is 0 Å². The molecule has 0 aromatic rings. The molecule has 88 valence electrons. The van der Waals surface area contributed by atoms with Gasteiger partial charge in [0.05, 0.1) is 0 Å². The van der Waals surface area contributed by atoms with Crippen molar-refractivity contribution >= 4 is 0 Å². The van der Waals surface area contributed by atoms with Crippen LogP contribution in [0.25, 0.3) is 0 Å². The Hall–Kier alpha value is -0.460. The van der Waals surface area contributed by atoms with E-state index < -0.39 is 0 Å². The van der Waals surface area contributed by atoms with Crippen molar-refractivity contribution in [2.75, 3.05) is 7.05 Å². The molecule has 1 heteroatoms. The van der Waals surface area contributed by atoms with Crippen molar-refractivity contribution in [2.24, 2.45) is 0 Å². The first-order valence-corrected chi connectivity index (χ1v) is 6.11. The molecule has 1 aliphatic rings. The maximum atomic E-state index is 2.31. The van der Waals surface area contributed by atoms with Gasteiger partial charge in [-0.3, -0.25) is 0 Å². The number of nitrogens with zero attached hydrogens (tertiary/aromatic N) is 1. The van der Waals surface area contributed by atoms with Crippen LogP contribution in [-0.4, -0.2) is 18.0 Å². The third-order valence-electron chi connectivity index (χ3n) is 1.97. The molecule has 0 saturated heterocycles. The highest BCUT2D eigenvalue weighted by Gasteiger charge is 2.13.